The molecule has 2 aromatic rings. The predicted octanol–water partition coefficient (Wildman–Crippen LogP) is 2.24. The summed E-state index contributed by atoms with van der Waals surface area (Å²) in [5.41, 5.74) is 0.969. The van der Waals surface area contributed by atoms with Gasteiger partial charge in [0.2, 0.25) is 16.0 Å². The lowest BCUT2D eigenvalue weighted by molar-refractivity contribution is 0.186. The van der Waals surface area contributed by atoms with Gasteiger partial charge in [-0.2, -0.15) is 0 Å². The Morgan fingerprint density at radius 3 is 2.53 bits per heavy atom. The Kier molecular flexibility index (Phi) is 7.59. The molecule has 1 atom stereocenters. The molecule has 0 unspecified atom stereocenters. The first-order valence-electron chi connectivity index (χ1n) is 11.4. The summed E-state index contributed by atoms with van der Waals surface area (Å²) in [5, 5.41) is 0. The summed E-state index contributed by atoms with van der Waals surface area (Å²) in [5.74, 6) is 1.67. The molecule has 0 bridgehead atoms. The van der Waals surface area contributed by atoms with Gasteiger partial charge in [-0.15, -0.1) is 0 Å². The van der Waals surface area contributed by atoms with Crippen molar-refractivity contribution in [3.05, 3.63) is 48.3 Å². The van der Waals surface area contributed by atoms with Crippen molar-refractivity contribution < 1.29 is 13.2 Å². The highest BCUT2D eigenvalue weighted by atomic mass is 32.2. The number of nitrogens with zero attached hydrogens (tertiary/aromatic N) is 5. The molecule has 4 rings (SSSR count). The van der Waals surface area contributed by atoms with E-state index in [9.17, 15) is 8.42 Å². The molecule has 2 saturated heterocycles. The maximum atomic E-state index is 12.3. The van der Waals surface area contributed by atoms with Gasteiger partial charge in [0.05, 0.1) is 18.6 Å². The van der Waals surface area contributed by atoms with Crippen LogP contribution in [0.4, 0.5) is 5.95 Å². The molecule has 8 nitrogen and oxygen atoms in total. The Bertz CT molecular complexity index is 967. The largest absolute Gasteiger partial charge is 0.493 e. The van der Waals surface area contributed by atoms with Crippen molar-refractivity contribution in [2.45, 2.75) is 25.8 Å². The molecule has 1 aromatic heterocycles. The number of ether oxygens (including phenoxy) is 1. The Hall–Kier alpha value is -2.23. The van der Waals surface area contributed by atoms with Crippen molar-refractivity contribution in [1.29, 1.82) is 0 Å². The topological polar surface area (TPSA) is 78.9 Å². The van der Waals surface area contributed by atoms with Gasteiger partial charge in [-0.25, -0.2) is 22.7 Å². The van der Waals surface area contributed by atoms with Crippen LogP contribution in [0, 0.1) is 5.92 Å². The van der Waals surface area contributed by atoms with E-state index < -0.39 is 10.0 Å². The van der Waals surface area contributed by atoms with E-state index in [4.69, 9.17) is 9.72 Å². The molecule has 0 radical (unpaired) electrons. The fourth-order valence-electron chi connectivity index (χ4n) is 4.38. The predicted molar refractivity (Wildman–Crippen MR) is 125 cm³/mol. The van der Waals surface area contributed by atoms with E-state index in [2.05, 4.69) is 14.8 Å². The summed E-state index contributed by atoms with van der Waals surface area (Å²) in [6, 6.07) is 11.6. The third-order valence-corrected chi connectivity index (χ3v) is 7.34. The summed E-state index contributed by atoms with van der Waals surface area (Å²) in [7, 11) is -3.26. The molecule has 174 valence electrons. The Morgan fingerprint density at radius 2 is 1.78 bits per heavy atom. The van der Waals surface area contributed by atoms with Gasteiger partial charge in [-0.05, 0) is 37.5 Å². The minimum atomic E-state index is -3.26. The Labute approximate surface area is 191 Å². The maximum absolute atomic E-state index is 12.3. The van der Waals surface area contributed by atoms with Gasteiger partial charge < -0.3 is 9.64 Å². The number of piperidine rings is 1. The monoisotopic (exact) mass is 459 g/mol. The molecule has 2 fully saturated rings. The number of para-hydroxylation sites is 1. The van der Waals surface area contributed by atoms with E-state index in [0.29, 0.717) is 32.8 Å². The van der Waals surface area contributed by atoms with Crippen LogP contribution in [0.25, 0.3) is 0 Å². The second-order valence-corrected chi connectivity index (χ2v) is 10.7. The molecule has 0 N–H and O–H groups in total. The number of hydrogen-bond donors (Lipinski definition) is 0. The van der Waals surface area contributed by atoms with Crippen LogP contribution in [0.3, 0.4) is 0 Å². The van der Waals surface area contributed by atoms with E-state index in [-0.39, 0.29) is 5.92 Å². The van der Waals surface area contributed by atoms with Crippen LogP contribution in [-0.4, -0.2) is 79.7 Å². The summed E-state index contributed by atoms with van der Waals surface area (Å²) in [4.78, 5) is 13.8. The maximum Gasteiger partial charge on any atom is 0.225 e. The van der Waals surface area contributed by atoms with Crippen LogP contribution in [0.2, 0.25) is 0 Å². The van der Waals surface area contributed by atoms with Crippen LogP contribution in [0.15, 0.2) is 42.6 Å². The Morgan fingerprint density at radius 1 is 1.00 bits per heavy atom. The van der Waals surface area contributed by atoms with E-state index in [1.165, 1.54) is 25.5 Å². The first-order chi connectivity index (χ1) is 15.5. The molecule has 32 heavy (non-hydrogen) atoms. The summed E-state index contributed by atoms with van der Waals surface area (Å²) >= 11 is 0. The standard InChI is InChI=1S/C23H33N5O3S/c1-32(29,30)28-15-14-26(16-20(17-28)19-31-22-8-4-2-5-9-22)18-21-10-11-24-23(25-21)27-12-6-3-7-13-27/h2,4-5,8-11,20H,3,6-7,12-19H2,1H3/t20-/m1/s1. The zero-order chi connectivity index (χ0) is 22.4. The van der Waals surface area contributed by atoms with E-state index in [0.717, 1.165) is 37.0 Å². The van der Waals surface area contributed by atoms with Crippen molar-refractivity contribution in [1.82, 2.24) is 19.2 Å². The normalized spacial score (nSPS) is 21.3. The lowest BCUT2D eigenvalue weighted by Gasteiger charge is -2.27. The molecule has 0 amide bonds. The quantitative estimate of drug-likeness (QED) is 0.628. The van der Waals surface area contributed by atoms with E-state index in [1.807, 2.05) is 42.6 Å². The molecular formula is C23H33N5O3S. The molecule has 3 heterocycles. The van der Waals surface area contributed by atoms with Gasteiger partial charge in [0.15, 0.2) is 0 Å². The van der Waals surface area contributed by atoms with Gasteiger partial charge in [-0.1, -0.05) is 18.2 Å². The number of rotatable bonds is 7. The Balaban J connectivity index is 1.44. The average Bonchev–Trinajstić information content (AvgIpc) is 3.01. The SMILES string of the molecule is CS(=O)(=O)N1CCN(Cc2ccnc(N3CCCCC3)n2)C[C@@H](COc2ccccc2)C1. The fourth-order valence-corrected chi connectivity index (χ4v) is 5.27. The minimum absolute atomic E-state index is 0.0656. The van der Waals surface area contributed by atoms with Gasteiger partial charge in [0.1, 0.15) is 5.75 Å². The number of aromatic nitrogens is 2. The van der Waals surface area contributed by atoms with Crippen molar-refractivity contribution in [3.63, 3.8) is 0 Å². The lowest BCUT2D eigenvalue weighted by Crippen LogP contribution is -2.36. The first kappa shape index (κ1) is 22.9. The number of hydrogen-bond acceptors (Lipinski definition) is 7. The molecule has 0 saturated carbocycles. The van der Waals surface area contributed by atoms with Crippen LogP contribution in [-0.2, 0) is 16.6 Å². The summed E-state index contributed by atoms with van der Waals surface area (Å²) in [6.45, 7) is 5.51. The minimum Gasteiger partial charge on any atom is -0.493 e. The number of anilines is 1. The second kappa shape index (κ2) is 10.6. The smallest absolute Gasteiger partial charge is 0.225 e. The molecule has 9 heteroatoms. The van der Waals surface area contributed by atoms with Crippen LogP contribution in [0.5, 0.6) is 5.75 Å². The van der Waals surface area contributed by atoms with Gasteiger partial charge in [0, 0.05) is 57.9 Å². The third-order valence-electron chi connectivity index (χ3n) is 6.07. The highest BCUT2D eigenvalue weighted by molar-refractivity contribution is 7.88. The van der Waals surface area contributed by atoms with E-state index in [1.54, 1.807) is 4.31 Å². The molecule has 0 aliphatic carbocycles. The van der Waals surface area contributed by atoms with Crippen molar-refractivity contribution in [2.75, 3.05) is 57.0 Å². The van der Waals surface area contributed by atoms with Crippen LogP contribution < -0.4 is 9.64 Å². The molecule has 0 spiro atoms. The highest BCUT2D eigenvalue weighted by Crippen LogP contribution is 2.19. The number of sulfonamides is 1. The van der Waals surface area contributed by atoms with Gasteiger partial charge in [-0.3, -0.25) is 4.90 Å². The summed E-state index contributed by atoms with van der Waals surface area (Å²) in [6.07, 6.45) is 6.76. The highest BCUT2D eigenvalue weighted by Gasteiger charge is 2.28. The zero-order valence-electron chi connectivity index (χ0n) is 18.8. The third kappa shape index (κ3) is 6.40. The van der Waals surface area contributed by atoms with Crippen LogP contribution in [0.1, 0.15) is 25.0 Å². The van der Waals surface area contributed by atoms with Gasteiger partial charge in [0.25, 0.3) is 0 Å². The second-order valence-electron chi connectivity index (χ2n) is 8.74. The van der Waals surface area contributed by atoms with E-state index >= 15 is 0 Å². The first-order valence-corrected chi connectivity index (χ1v) is 13.2. The average molecular weight is 460 g/mol. The zero-order valence-corrected chi connectivity index (χ0v) is 19.6. The number of benzene rings is 1. The van der Waals surface area contributed by atoms with Crippen molar-refractivity contribution in [3.8, 4) is 5.75 Å². The fraction of sp³-hybridized carbons (Fsp3) is 0.565. The summed E-state index contributed by atoms with van der Waals surface area (Å²) < 4.78 is 32.1. The lowest BCUT2D eigenvalue weighted by atomic mass is 10.1. The van der Waals surface area contributed by atoms with Crippen LogP contribution >= 0.6 is 0 Å². The molecular weight excluding hydrogens is 426 g/mol. The molecule has 2 aliphatic rings. The van der Waals surface area contributed by atoms with Crippen molar-refractivity contribution in [2.24, 2.45) is 5.92 Å². The van der Waals surface area contributed by atoms with Gasteiger partial charge >= 0.3 is 0 Å². The molecule has 1 aromatic carbocycles. The van der Waals surface area contributed by atoms with Crippen molar-refractivity contribution >= 4 is 16.0 Å². The molecule has 2 aliphatic heterocycles.